The van der Waals surface area contributed by atoms with Crippen LogP contribution < -0.4 is 0 Å². The average Bonchev–Trinajstić information content (AvgIpc) is 2.29. The van der Waals surface area contributed by atoms with Gasteiger partial charge in [-0.2, -0.15) is 0 Å². The molecule has 0 aliphatic heterocycles. The Morgan fingerprint density at radius 2 is 1.88 bits per heavy atom. The van der Waals surface area contributed by atoms with Crippen LogP contribution >= 0.6 is 11.6 Å². The normalized spacial score (nSPS) is 9.94. The predicted molar refractivity (Wildman–Crippen MR) is 60.4 cm³/mol. The van der Waals surface area contributed by atoms with Gasteiger partial charge in [-0.15, -0.1) is 11.6 Å². The van der Waals surface area contributed by atoms with Crippen LogP contribution in [0.15, 0.2) is 0 Å². The summed E-state index contributed by atoms with van der Waals surface area (Å²) >= 11 is 5.49. The van der Waals surface area contributed by atoms with Gasteiger partial charge >= 0.3 is 5.97 Å². The molecule has 0 N–H and O–H groups in total. The summed E-state index contributed by atoms with van der Waals surface area (Å²) in [6.45, 7) is 1.24. The maximum absolute atomic E-state index is 11.6. The molecule has 5 nitrogen and oxygen atoms in total. The quantitative estimate of drug-likeness (QED) is 0.470. The van der Waals surface area contributed by atoms with Crippen molar-refractivity contribution in [2.24, 2.45) is 0 Å². The largest absolute Gasteiger partial charge is 0.469 e. The number of nitrogens with zero attached hydrogens (tertiary/aromatic N) is 1. The first-order valence-electron chi connectivity index (χ1n) is 5.05. The van der Waals surface area contributed by atoms with Crippen molar-refractivity contribution in [1.82, 2.24) is 4.90 Å². The molecule has 0 heterocycles. The van der Waals surface area contributed by atoms with E-state index < -0.39 is 0 Å². The van der Waals surface area contributed by atoms with Crippen LogP contribution in [0.3, 0.4) is 0 Å². The lowest BCUT2D eigenvalue weighted by atomic mass is 10.3. The molecule has 0 aromatic heterocycles. The van der Waals surface area contributed by atoms with Crippen molar-refractivity contribution in [1.29, 1.82) is 0 Å². The van der Waals surface area contributed by atoms with E-state index in [1.54, 1.807) is 12.0 Å². The van der Waals surface area contributed by atoms with Gasteiger partial charge in [-0.25, -0.2) is 0 Å². The number of amides is 1. The minimum atomic E-state index is -0.332. The van der Waals surface area contributed by atoms with Gasteiger partial charge in [0.2, 0.25) is 5.91 Å². The third kappa shape index (κ3) is 6.63. The molecule has 0 aromatic carbocycles. The fourth-order valence-electron chi connectivity index (χ4n) is 1.13. The van der Waals surface area contributed by atoms with Crippen molar-refractivity contribution in [2.75, 3.05) is 39.8 Å². The van der Waals surface area contributed by atoms with Gasteiger partial charge in [0.05, 0.1) is 20.1 Å². The monoisotopic (exact) mass is 251 g/mol. The topological polar surface area (TPSA) is 55.8 Å². The molecule has 0 atom stereocenters. The first-order valence-corrected chi connectivity index (χ1v) is 5.58. The third-order valence-electron chi connectivity index (χ3n) is 2.04. The fraction of sp³-hybridized carbons (Fsp3) is 0.800. The lowest BCUT2D eigenvalue weighted by Crippen LogP contribution is -2.35. The second kappa shape index (κ2) is 9.42. The fourth-order valence-corrected chi connectivity index (χ4v) is 1.29. The van der Waals surface area contributed by atoms with Gasteiger partial charge < -0.3 is 14.4 Å². The number of ether oxygens (including phenoxy) is 2. The Hall–Kier alpha value is -0.810. The van der Waals surface area contributed by atoms with Crippen molar-refractivity contribution in [3.8, 4) is 0 Å². The van der Waals surface area contributed by atoms with E-state index in [-0.39, 0.29) is 30.6 Å². The molecule has 0 spiro atoms. The number of carbonyl (C=O) groups excluding carboxylic acids is 2. The Kier molecular flexibility index (Phi) is 8.94. The zero-order chi connectivity index (χ0) is 12.4. The van der Waals surface area contributed by atoms with E-state index >= 15 is 0 Å². The van der Waals surface area contributed by atoms with Crippen molar-refractivity contribution >= 4 is 23.5 Å². The van der Waals surface area contributed by atoms with Crippen LogP contribution in [-0.4, -0.2) is 56.6 Å². The summed E-state index contributed by atoms with van der Waals surface area (Å²) < 4.78 is 9.40. The van der Waals surface area contributed by atoms with E-state index in [9.17, 15) is 9.59 Å². The molecular weight excluding hydrogens is 234 g/mol. The van der Waals surface area contributed by atoms with E-state index in [1.165, 1.54) is 7.11 Å². The number of alkyl halides is 1. The van der Waals surface area contributed by atoms with E-state index in [0.29, 0.717) is 19.7 Å². The lowest BCUT2D eigenvalue weighted by molar-refractivity contribution is -0.141. The number of esters is 1. The summed E-state index contributed by atoms with van der Waals surface area (Å²) in [4.78, 5) is 24.1. The van der Waals surface area contributed by atoms with Crippen LogP contribution in [0.25, 0.3) is 0 Å². The SMILES string of the molecule is COCCN(CCC(=O)OC)C(=O)CCCl. The molecule has 0 unspecified atom stereocenters. The molecule has 0 rings (SSSR count). The summed E-state index contributed by atoms with van der Waals surface area (Å²) in [5.41, 5.74) is 0. The number of halogens is 1. The Morgan fingerprint density at radius 3 is 2.38 bits per heavy atom. The number of hydrogen-bond donors (Lipinski definition) is 0. The van der Waals surface area contributed by atoms with Crippen LogP contribution in [0, 0.1) is 0 Å². The van der Waals surface area contributed by atoms with Gasteiger partial charge in [0.1, 0.15) is 0 Å². The second-order valence-electron chi connectivity index (χ2n) is 3.14. The number of hydrogen-bond acceptors (Lipinski definition) is 4. The lowest BCUT2D eigenvalue weighted by Gasteiger charge is -2.21. The van der Waals surface area contributed by atoms with Gasteiger partial charge in [-0.3, -0.25) is 9.59 Å². The van der Waals surface area contributed by atoms with Crippen LogP contribution in [-0.2, 0) is 19.1 Å². The third-order valence-corrected chi connectivity index (χ3v) is 2.23. The van der Waals surface area contributed by atoms with E-state index in [0.717, 1.165) is 0 Å². The van der Waals surface area contributed by atoms with Crippen LogP contribution in [0.2, 0.25) is 0 Å². The minimum Gasteiger partial charge on any atom is -0.469 e. The van der Waals surface area contributed by atoms with Gasteiger partial charge in [0, 0.05) is 32.5 Å². The second-order valence-corrected chi connectivity index (χ2v) is 3.52. The number of carbonyl (C=O) groups is 2. The van der Waals surface area contributed by atoms with Crippen LogP contribution in [0.1, 0.15) is 12.8 Å². The van der Waals surface area contributed by atoms with Crippen molar-refractivity contribution < 1.29 is 19.1 Å². The van der Waals surface area contributed by atoms with E-state index in [4.69, 9.17) is 16.3 Å². The average molecular weight is 252 g/mol. The molecule has 0 fully saturated rings. The van der Waals surface area contributed by atoms with Gasteiger partial charge in [-0.1, -0.05) is 0 Å². The van der Waals surface area contributed by atoms with Crippen LogP contribution in [0.4, 0.5) is 0 Å². The highest BCUT2D eigenvalue weighted by atomic mass is 35.5. The number of methoxy groups -OCH3 is 2. The molecule has 0 aromatic rings. The maximum Gasteiger partial charge on any atom is 0.307 e. The Morgan fingerprint density at radius 1 is 1.19 bits per heavy atom. The molecule has 1 amide bonds. The Balaban J connectivity index is 4.08. The molecular formula is C10H18ClNO4. The summed E-state index contributed by atoms with van der Waals surface area (Å²) in [7, 11) is 2.88. The molecule has 94 valence electrons. The molecule has 0 saturated heterocycles. The molecule has 0 aliphatic rings. The molecule has 0 aliphatic carbocycles. The smallest absolute Gasteiger partial charge is 0.307 e. The standard InChI is InChI=1S/C10H18ClNO4/c1-15-8-7-12(9(13)3-5-11)6-4-10(14)16-2/h3-8H2,1-2H3. The van der Waals surface area contributed by atoms with Gasteiger partial charge in [0.25, 0.3) is 0 Å². The highest BCUT2D eigenvalue weighted by molar-refractivity contribution is 6.18. The van der Waals surface area contributed by atoms with E-state index in [2.05, 4.69) is 4.74 Å². The summed E-state index contributed by atoms with van der Waals surface area (Å²) in [5.74, 6) is -0.127. The predicted octanol–water partition coefficient (Wildman–Crippen LogP) is 0.653. The molecule has 0 saturated carbocycles. The zero-order valence-corrected chi connectivity index (χ0v) is 10.5. The highest BCUT2D eigenvalue weighted by Gasteiger charge is 2.14. The Labute approximate surface area is 101 Å². The zero-order valence-electron chi connectivity index (χ0n) is 9.70. The summed E-state index contributed by atoms with van der Waals surface area (Å²) in [6, 6.07) is 0. The van der Waals surface area contributed by atoms with E-state index in [1.807, 2.05) is 0 Å². The van der Waals surface area contributed by atoms with Crippen molar-refractivity contribution in [2.45, 2.75) is 12.8 Å². The Bertz CT molecular complexity index is 223. The first-order chi connectivity index (χ1) is 7.65. The van der Waals surface area contributed by atoms with Gasteiger partial charge in [-0.05, 0) is 0 Å². The maximum atomic E-state index is 11.6. The molecule has 0 radical (unpaired) electrons. The summed E-state index contributed by atoms with van der Waals surface area (Å²) in [6.07, 6.45) is 0.459. The first kappa shape index (κ1) is 15.2. The summed E-state index contributed by atoms with van der Waals surface area (Å²) in [5, 5.41) is 0. The number of rotatable bonds is 8. The van der Waals surface area contributed by atoms with Crippen LogP contribution in [0.5, 0.6) is 0 Å². The highest BCUT2D eigenvalue weighted by Crippen LogP contribution is 1.99. The van der Waals surface area contributed by atoms with Crippen molar-refractivity contribution in [3.63, 3.8) is 0 Å². The minimum absolute atomic E-state index is 0.0732. The molecule has 0 bridgehead atoms. The van der Waals surface area contributed by atoms with Crippen molar-refractivity contribution in [3.05, 3.63) is 0 Å². The van der Waals surface area contributed by atoms with Gasteiger partial charge in [0.15, 0.2) is 0 Å². The molecule has 16 heavy (non-hydrogen) atoms. The molecule has 6 heteroatoms.